The number of ether oxygens (including phenoxy) is 1. The number of carboxylic acid groups (broad SMARTS) is 1. The highest BCUT2D eigenvalue weighted by molar-refractivity contribution is 7.58. The van der Waals surface area contributed by atoms with Gasteiger partial charge in [-0.2, -0.15) is 0 Å². The molecule has 0 saturated carbocycles. The lowest BCUT2D eigenvalue weighted by Gasteiger charge is -2.17. The van der Waals surface area contributed by atoms with Gasteiger partial charge >= 0.3 is 5.97 Å². The van der Waals surface area contributed by atoms with Gasteiger partial charge in [-0.25, -0.2) is 0 Å². The number of aliphatic carboxylic acids is 1. The maximum absolute atomic E-state index is 12.4. The number of methoxy groups -OCH3 is 1. The first-order valence-corrected chi connectivity index (χ1v) is 8.77. The molecule has 2 aromatic rings. The highest BCUT2D eigenvalue weighted by Crippen LogP contribution is 2.45. The summed E-state index contributed by atoms with van der Waals surface area (Å²) in [6, 6.07) is 13.4. The van der Waals surface area contributed by atoms with Crippen LogP contribution >= 0.6 is 7.52 Å². The number of carbonyl (C=O) groups is 1. The second-order valence-corrected chi connectivity index (χ2v) is 6.99. The van der Waals surface area contributed by atoms with Crippen LogP contribution in [-0.4, -0.2) is 23.1 Å². The number of hydrogen-bond acceptors (Lipinski definition) is 3. The summed E-state index contributed by atoms with van der Waals surface area (Å²) in [7, 11) is -2.17. The lowest BCUT2D eigenvalue weighted by Crippen LogP contribution is -2.06. The quantitative estimate of drug-likeness (QED) is 0.673. The van der Waals surface area contributed by atoms with Gasteiger partial charge in [0.1, 0.15) is 5.75 Å². The molecule has 0 spiro atoms. The van der Waals surface area contributed by atoms with E-state index in [9.17, 15) is 14.3 Å². The fourth-order valence-corrected chi connectivity index (χ4v) is 3.53. The van der Waals surface area contributed by atoms with Gasteiger partial charge in [0.05, 0.1) is 19.7 Å². The van der Waals surface area contributed by atoms with Crippen molar-refractivity contribution in [2.75, 3.05) is 12.2 Å². The van der Waals surface area contributed by atoms with Gasteiger partial charge < -0.3 is 19.8 Å². The van der Waals surface area contributed by atoms with Crippen LogP contribution in [0, 0.1) is 0 Å². The highest BCUT2D eigenvalue weighted by Gasteiger charge is 2.20. The second-order valence-electron chi connectivity index (χ2n) is 5.05. The van der Waals surface area contributed by atoms with Crippen molar-refractivity contribution >= 4 is 19.2 Å². The van der Waals surface area contributed by atoms with Crippen molar-refractivity contribution in [1.82, 2.24) is 0 Å². The smallest absolute Gasteiger partial charge is 0.307 e. The zero-order chi connectivity index (χ0) is 16.9. The number of benzene rings is 2. The number of rotatable bonds is 7. The van der Waals surface area contributed by atoms with Gasteiger partial charge in [0, 0.05) is 5.69 Å². The Labute approximate surface area is 134 Å². The maximum atomic E-state index is 12.4. The highest BCUT2D eigenvalue weighted by atomic mass is 31.2. The largest absolute Gasteiger partial charge is 0.497 e. The monoisotopic (exact) mass is 335 g/mol. The lowest BCUT2D eigenvalue weighted by molar-refractivity contribution is -0.136. The van der Waals surface area contributed by atoms with Crippen molar-refractivity contribution in [3.63, 3.8) is 0 Å². The Kier molecular flexibility index (Phi) is 5.42. The molecule has 0 aromatic heterocycles. The third-order valence-corrected chi connectivity index (χ3v) is 4.59. The van der Waals surface area contributed by atoms with Crippen molar-refractivity contribution in [1.29, 1.82) is 0 Å². The van der Waals surface area contributed by atoms with Crippen LogP contribution in [0.15, 0.2) is 48.5 Å². The molecule has 1 atom stereocenters. The van der Waals surface area contributed by atoms with E-state index in [1.807, 2.05) is 0 Å². The fraction of sp³-hybridized carbons (Fsp3) is 0.188. The van der Waals surface area contributed by atoms with Crippen LogP contribution in [0.4, 0.5) is 5.69 Å². The van der Waals surface area contributed by atoms with Crippen LogP contribution in [0.3, 0.4) is 0 Å². The van der Waals surface area contributed by atoms with Crippen LogP contribution < -0.4 is 9.82 Å². The molecule has 7 heteroatoms. The van der Waals surface area contributed by atoms with E-state index in [4.69, 9.17) is 9.84 Å². The minimum atomic E-state index is -3.71. The molecule has 23 heavy (non-hydrogen) atoms. The van der Waals surface area contributed by atoms with E-state index in [1.54, 1.807) is 55.6 Å². The standard InChI is InChI=1S/C16H18NO5P/c1-22-14-8-6-12(7-9-14)11-23(20,21)17-15-5-3-2-4-13(15)10-16(18)19/h2-9H,10-11H2,1H3,(H,18,19)(H2,17,20,21). The summed E-state index contributed by atoms with van der Waals surface area (Å²) in [6.45, 7) is 0. The second kappa shape index (κ2) is 7.31. The summed E-state index contributed by atoms with van der Waals surface area (Å²) < 4.78 is 17.5. The molecular weight excluding hydrogens is 317 g/mol. The molecule has 2 aromatic carbocycles. The lowest BCUT2D eigenvalue weighted by atomic mass is 10.1. The molecule has 0 saturated heterocycles. The molecular formula is C16H18NO5P. The van der Waals surface area contributed by atoms with Gasteiger partial charge in [-0.1, -0.05) is 30.3 Å². The number of nitrogens with one attached hydrogen (secondary N) is 1. The Morgan fingerprint density at radius 1 is 1.17 bits per heavy atom. The fourth-order valence-electron chi connectivity index (χ4n) is 2.15. The zero-order valence-electron chi connectivity index (χ0n) is 12.6. The van der Waals surface area contributed by atoms with Gasteiger partial charge in [0.2, 0.25) is 0 Å². The third kappa shape index (κ3) is 5.13. The van der Waals surface area contributed by atoms with E-state index in [1.165, 1.54) is 0 Å². The topological polar surface area (TPSA) is 95.9 Å². The Hall–Kier alpha value is -2.30. The summed E-state index contributed by atoms with van der Waals surface area (Å²) in [4.78, 5) is 21.0. The van der Waals surface area contributed by atoms with E-state index in [0.29, 0.717) is 22.6 Å². The van der Waals surface area contributed by atoms with E-state index in [2.05, 4.69) is 5.09 Å². The van der Waals surface area contributed by atoms with Crippen molar-refractivity contribution < 1.29 is 24.1 Å². The summed E-state index contributed by atoms with van der Waals surface area (Å²) in [5.74, 6) is -0.330. The average molecular weight is 335 g/mol. The van der Waals surface area contributed by atoms with Crippen LogP contribution in [-0.2, 0) is 21.9 Å². The van der Waals surface area contributed by atoms with Gasteiger partial charge in [0.25, 0.3) is 7.52 Å². The van der Waals surface area contributed by atoms with Crippen molar-refractivity contribution in [3.8, 4) is 5.75 Å². The molecule has 0 amide bonds. The van der Waals surface area contributed by atoms with E-state index >= 15 is 0 Å². The molecule has 0 fully saturated rings. The van der Waals surface area contributed by atoms with Crippen LogP contribution in [0.25, 0.3) is 0 Å². The molecule has 6 nitrogen and oxygen atoms in total. The summed E-state index contributed by atoms with van der Waals surface area (Å²) in [6.07, 6.45) is -0.288. The molecule has 3 N–H and O–H groups in total. The van der Waals surface area contributed by atoms with Crippen LogP contribution in [0.5, 0.6) is 5.75 Å². The average Bonchev–Trinajstić information content (AvgIpc) is 2.49. The van der Waals surface area contributed by atoms with Crippen molar-refractivity contribution in [2.45, 2.75) is 12.6 Å². The number of para-hydroxylation sites is 1. The van der Waals surface area contributed by atoms with E-state index in [0.717, 1.165) is 0 Å². The van der Waals surface area contributed by atoms with Gasteiger partial charge in [-0.3, -0.25) is 9.36 Å². The maximum Gasteiger partial charge on any atom is 0.307 e. The number of anilines is 1. The Balaban J connectivity index is 2.14. The first-order chi connectivity index (χ1) is 10.9. The third-order valence-electron chi connectivity index (χ3n) is 3.21. The predicted molar refractivity (Wildman–Crippen MR) is 87.9 cm³/mol. The first kappa shape index (κ1) is 17.1. The predicted octanol–water partition coefficient (Wildman–Crippen LogP) is 3.12. The van der Waals surface area contributed by atoms with Crippen LogP contribution in [0.1, 0.15) is 11.1 Å². The number of carboxylic acids is 1. The number of hydrogen-bond donors (Lipinski definition) is 3. The Morgan fingerprint density at radius 2 is 1.83 bits per heavy atom. The van der Waals surface area contributed by atoms with Gasteiger partial charge in [0.15, 0.2) is 0 Å². The first-order valence-electron chi connectivity index (χ1n) is 6.92. The summed E-state index contributed by atoms with van der Waals surface area (Å²) in [5, 5.41) is 11.5. The molecule has 0 aliphatic rings. The van der Waals surface area contributed by atoms with E-state index in [-0.39, 0.29) is 12.6 Å². The molecule has 122 valence electrons. The minimum Gasteiger partial charge on any atom is -0.497 e. The summed E-state index contributed by atoms with van der Waals surface area (Å²) in [5.41, 5.74) is 1.50. The van der Waals surface area contributed by atoms with Gasteiger partial charge in [-0.15, -0.1) is 0 Å². The molecule has 0 radical (unpaired) electrons. The Morgan fingerprint density at radius 3 is 2.43 bits per heavy atom. The molecule has 0 heterocycles. The van der Waals surface area contributed by atoms with Gasteiger partial charge in [-0.05, 0) is 29.3 Å². The van der Waals surface area contributed by atoms with E-state index < -0.39 is 13.5 Å². The SMILES string of the molecule is COc1ccc(CP(=O)(O)Nc2ccccc2CC(=O)O)cc1. The normalized spacial score (nSPS) is 13.1. The molecule has 1 unspecified atom stereocenters. The molecule has 0 aliphatic carbocycles. The summed E-state index contributed by atoms with van der Waals surface area (Å²) >= 11 is 0. The van der Waals surface area contributed by atoms with Crippen LogP contribution in [0.2, 0.25) is 0 Å². The van der Waals surface area contributed by atoms with Crippen molar-refractivity contribution in [2.24, 2.45) is 0 Å². The van der Waals surface area contributed by atoms with Crippen molar-refractivity contribution in [3.05, 3.63) is 59.7 Å². The molecule has 0 aliphatic heterocycles. The molecule has 2 rings (SSSR count). The Bertz CT molecular complexity index is 730. The zero-order valence-corrected chi connectivity index (χ0v) is 13.5. The minimum absolute atomic E-state index is 0.0710. The molecule has 0 bridgehead atoms.